The van der Waals surface area contributed by atoms with Crippen LogP contribution in [0.15, 0.2) is 66.7 Å². The minimum atomic E-state index is -5.08. The Morgan fingerprint density at radius 2 is 1.40 bits per heavy atom. The number of nitrogens with one attached hydrogen (secondary N) is 1. The summed E-state index contributed by atoms with van der Waals surface area (Å²) in [6.45, 7) is 2.22. The SMILES string of the molecule is N=C(c1ccc(CN2C(=O)CN(C(=O)c3ccc(Cl)cc3)Cc3ccc(CCC(=O)O)cc32)cc1)N1CCCC1.O=C(O)C(F)(F)F. The van der Waals surface area contributed by atoms with Crippen molar-refractivity contribution in [2.75, 3.05) is 24.5 Å². The van der Waals surface area contributed by atoms with Gasteiger partial charge in [0.05, 0.1) is 6.54 Å². The molecule has 5 rings (SSSR count). The van der Waals surface area contributed by atoms with Gasteiger partial charge in [0.1, 0.15) is 12.4 Å². The van der Waals surface area contributed by atoms with Crippen LogP contribution in [-0.2, 0) is 33.9 Å². The Hall–Kier alpha value is -4.91. The molecule has 0 bridgehead atoms. The zero-order chi connectivity index (χ0) is 34.3. The summed E-state index contributed by atoms with van der Waals surface area (Å²) in [5.41, 5.74) is 4.47. The molecule has 2 amide bonds. The number of fused-ring (bicyclic) bond motifs is 1. The van der Waals surface area contributed by atoms with Gasteiger partial charge < -0.3 is 24.9 Å². The molecule has 0 radical (unpaired) electrons. The van der Waals surface area contributed by atoms with E-state index in [9.17, 15) is 27.6 Å². The number of carbonyl (C=O) groups excluding carboxylic acids is 2. The van der Waals surface area contributed by atoms with Crippen LogP contribution < -0.4 is 4.90 Å². The van der Waals surface area contributed by atoms with Crippen molar-refractivity contribution in [1.82, 2.24) is 9.80 Å². The smallest absolute Gasteiger partial charge is 0.481 e. The molecule has 3 aromatic carbocycles. The number of halogens is 4. The average molecular weight is 673 g/mol. The molecule has 2 heterocycles. The van der Waals surface area contributed by atoms with Crippen LogP contribution in [0, 0.1) is 5.41 Å². The zero-order valence-electron chi connectivity index (χ0n) is 25.1. The number of aryl methyl sites for hydroxylation is 1. The summed E-state index contributed by atoms with van der Waals surface area (Å²) in [6, 6.07) is 19.9. The van der Waals surface area contributed by atoms with E-state index in [1.54, 1.807) is 29.2 Å². The second kappa shape index (κ2) is 15.1. The third-order valence-electron chi connectivity index (χ3n) is 7.67. The molecule has 2 aliphatic rings. The van der Waals surface area contributed by atoms with Crippen molar-refractivity contribution in [1.29, 1.82) is 5.41 Å². The van der Waals surface area contributed by atoms with E-state index in [0.717, 1.165) is 48.2 Å². The van der Waals surface area contributed by atoms with E-state index >= 15 is 0 Å². The summed E-state index contributed by atoms with van der Waals surface area (Å²) in [4.78, 5) is 52.4. The van der Waals surface area contributed by atoms with Crippen molar-refractivity contribution in [2.45, 2.75) is 44.9 Å². The van der Waals surface area contributed by atoms with Crippen molar-refractivity contribution < 1.29 is 42.6 Å². The van der Waals surface area contributed by atoms with Gasteiger partial charge in [-0.25, -0.2) is 4.79 Å². The van der Waals surface area contributed by atoms with Gasteiger partial charge in [0.2, 0.25) is 5.91 Å². The standard InChI is InChI=1S/C31H31ClN4O4.C2HF3O2/c32-26-12-10-24(11-13-26)31(40)35-19-25-9-3-21(6-14-29(38)39)17-27(25)36(28(37)20-35)18-22-4-7-23(8-5-22)30(33)34-15-1-2-16-34;3-2(4,5)1(6)7/h3-5,7-13,17,33H,1-2,6,14-16,18-20H2,(H,38,39);(H,6,7). The highest BCUT2D eigenvalue weighted by molar-refractivity contribution is 6.30. The topological polar surface area (TPSA) is 142 Å². The number of carboxylic acid groups (broad SMARTS) is 2. The van der Waals surface area contributed by atoms with Crippen LogP contribution in [0.4, 0.5) is 18.9 Å². The zero-order valence-corrected chi connectivity index (χ0v) is 25.9. The maximum Gasteiger partial charge on any atom is 0.490 e. The number of anilines is 1. The first-order valence-corrected chi connectivity index (χ1v) is 15.0. The molecule has 0 atom stereocenters. The highest BCUT2D eigenvalue weighted by atomic mass is 35.5. The average Bonchev–Trinajstić information content (AvgIpc) is 3.54. The molecule has 0 aromatic heterocycles. The van der Waals surface area contributed by atoms with Gasteiger partial charge in [-0.3, -0.25) is 19.8 Å². The maximum atomic E-state index is 13.7. The van der Waals surface area contributed by atoms with E-state index in [1.165, 1.54) is 4.90 Å². The van der Waals surface area contributed by atoms with Crippen molar-refractivity contribution in [3.8, 4) is 0 Å². The molecule has 0 unspecified atom stereocenters. The van der Waals surface area contributed by atoms with Crippen molar-refractivity contribution in [3.63, 3.8) is 0 Å². The number of nitrogens with zero attached hydrogens (tertiary/aromatic N) is 3. The summed E-state index contributed by atoms with van der Waals surface area (Å²) in [6.07, 6.45) is -2.56. The minimum Gasteiger partial charge on any atom is -0.481 e. The number of amidine groups is 1. The highest BCUT2D eigenvalue weighted by Gasteiger charge is 2.38. The van der Waals surface area contributed by atoms with Crippen molar-refractivity contribution >= 4 is 46.9 Å². The minimum absolute atomic E-state index is 0.0155. The Morgan fingerprint density at radius 3 is 1.98 bits per heavy atom. The molecule has 3 aromatic rings. The summed E-state index contributed by atoms with van der Waals surface area (Å²) in [7, 11) is 0. The lowest BCUT2D eigenvalue weighted by atomic mass is 10.0. The van der Waals surface area contributed by atoms with Crippen LogP contribution in [-0.4, -0.2) is 75.4 Å². The van der Waals surface area contributed by atoms with Gasteiger partial charge in [0.15, 0.2) is 0 Å². The number of rotatable bonds is 7. The van der Waals surface area contributed by atoms with Crippen LogP contribution >= 0.6 is 11.6 Å². The van der Waals surface area contributed by atoms with Crippen LogP contribution in [0.5, 0.6) is 0 Å². The second-order valence-corrected chi connectivity index (χ2v) is 11.5. The first kappa shape index (κ1) is 35.0. The van der Waals surface area contributed by atoms with Gasteiger partial charge in [-0.15, -0.1) is 0 Å². The van der Waals surface area contributed by atoms with E-state index in [4.69, 9.17) is 32.0 Å². The lowest BCUT2D eigenvalue weighted by molar-refractivity contribution is -0.192. The molecule has 1 fully saturated rings. The first-order chi connectivity index (χ1) is 22.2. The van der Waals surface area contributed by atoms with Gasteiger partial charge in [0, 0.05) is 47.9 Å². The normalized spacial score (nSPS) is 14.6. The molecule has 0 spiro atoms. The van der Waals surface area contributed by atoms with Crippen molar-refractivity contribution in [3.05, 3.63) is 99.6 Å². The fourth-order valence-corrected chi connectivity index (χ4v) is 5.34. The largest absolute Gasteiger partial charge is 0.490 e. The fraction of sp³-hybridized carbons (Fsp3) is 0.303. The Balaban J connectivity index is 0.000000644. The number of aliphatic carboxylic acids is 2. The number of likely N-dealkylation sites (tertiary alicyclic amines) is 1. The van der Waals surface area contributed by atoms with E-state index in [0.29, 0.717) is 28.5 Å². The molecule has 3 N–H and O–H groups in total. The molecular formula is C33H32ClF3N4O6. The van der Waals surface area contributed by atoms with Crippen LogP contribution in [0.1, 0.15) is 51.9 Å². The third kappa shape index (κ3) is 9.32. The quantitative estimate of drug-likeness (QED) is 0.219. The molecule has 1 saturated heterocycles. The lowest BCUT2D eigenvalue weighted by Crippen LogP contribution is -2.39. The third-order valence-corrected chi connectivity index (χ3v) is 7.92. The van der Waals surface area contributed by atoms with E-state index in [2.05, 4.69) is 4.90 Å². The van der Waals surface area contributed by atoms with Crippen molar-refractivity contribution in [2.24, 2.45) is 0 Å². The Kier molecular flexibility index (Phi) is 11.2. The van der Waals surface area contributed by atoms with Gasteiger partial charge >= 0.3 is 18.1 Å². The number of carboxylic acids is 2. The van der Waals surface area contributed by atoms with Crippen LogP contribution in [0.25, 0.3) is 0 Å². The highest BCUT2D eigenvalue weighted by Crippen LogP contribution is 2.30. The second-order valence-electron chi connectivity index (χ2n) is 11.0. The Morgan fingerprint density at radius 1 is 0.830 bits per heavy atom. The molecule has 10 nitrogen and oxygen atoms in total. The van der Waals surface area contributed by atoms with Gasteiger partial charge in [-0.05, 0) is 66.3 Å². The summed E-state index contributed by atoms with van der Waals surface area (Å²) in [5, 5.41) is 25.3. The molecule has 14 heteroatoms. The molecule has 0 saturated carbocycles. The predicted octanol–water partition coefficient (Wildman–Crippen LogP) is 5.60. The van der Waals surface area contributed by atoms with E-state index in [1.807, 2.05) is 42.5 Å². The molecule has 248 valence electrons. The summed E-state index contributed by atoms with van der Waals surface area (Å²) in [5.74, 6) is -3.63. The molecule has 0 aliphatic carbocycles. The lowest BCUT2D eigenvalue weighted by Gasteiger charge is -2.24. The van der Waals surface area contributed by atoms with Gasteiger partial charge in [-0.1, -0.05) is 48.0 Å². The van der Waals surface area contributed by atoms with E-state index < -0.39 is 18.1 Å². The number of hydrogen-bond donors (Lipinski definition) is 3. The fourth-order valence-electron chi connectivity index (χ4n) is 5.21. The number of carbonyl (C=O) groups is 4. The predicted molar refractivity (Wildman–Crippen MR) is 168 cm³/mol. The number of benzene rings is 3. The summed E-state index contributed by atoms with van der Waals surface area (Å²) >= 11 is 6.00. The first-order valence-electron chi connectivity index (χ1n) is 14.6. The molecular weight excluding hydrogens is 641 g/mol. The number of hydrogen-bond acceptors (Lipinski definition) is 5. The van der Waals surface area contributed by atoms with Crippen LogP contribution in [0.2, 0.25) is 5.02 Å². The monoisotopic (exact) mass is 672 g/mol. The number of alkyl halides is 3. The van der Waals surface area contributed by atoms with E-state index in [-0.39, 0.29) is 37.9 Å². The maximum absolute atomic E-state index is 13.7. The van der Waals surface area contributed by atoms with Gasteiger partial charge in [-0.2, -0.15) is 13.2 Å². The molecule has 47 heavy (non-hydrogen) atoms. The van der Waals surface area contributed by atoms with Gasteiger partial charge in [0.25, 0.3) is 5.91 Å². The Labute approximate surface area is 273 Å². The molecule has 2 aliphatic heterocycles. The van der Waals surface area contributed by atoms with Crippen LogP contribution in [0.3, 0.4) is 0 Å². The Bertz CT molecular complexity index is 1640. The summed E-state index contributed by atoms with van der Waals surface area (Å²) < 4.78 is 31.7. The number of amides is 2.